The number of carbonyl (C=O) groups is 2. The largest absolute Gasteiger partial charge is 0.461 e. The number of aromatic nitrogens is 1. The highest BCUT2D eigenvalue weighted by Gasteiger charge is 2.20. The molecule has 104 valence electrons. The van der Waals surface area contributed by atoms with E-state index < -0.39 is 5.97 Å². The predicted molar refractivity (Wildman–Crippen MR) is 69.4 cm³/mol. The smallest absolute Gasteiger partial charge is 0.367 e. The fraction of sp³-hybridized carbons (Fsp3) is 0.583. The van der Waals surface area contributed by atoms with Gasteiger partial charge in [-0.05, 0) is 19.8 Å². The minimum Gasteiger partial charge on any atom is -0.461 e. The highest BCUT2D eigenvalue weighted by molar-refractivity contribution is 7.11. The van der Waals surface area contributed by atoms with Gasteiger partial charge in [0, 0.05) is 24.6 Å². The third kappa shape index (κ3) is 3.74. The quantitative estimate of drug-likeness (QED) is 0.841. The second kappa shape index (κ2) is 6.63. The Hall–Kier alpha value is -1.47. The number of nitrogens with zero attached hydrogens (tertiary/aromatic N) is 1. The fourth-order valence-electron chi connectivity index (χ4n) is 1.77. The summed E-state index contributed by atoms with van der Waals surface area (Å²) in [4.78, 5) is 27.4. The standard InChI is InChI=1S/C12H16N2O4S/c1-2-18-12(16)11-14-9(7-19-11)10(15)13-8-3-5-17-6-4-8/h7-8H,2-6H2,1H3,(H,13,15). The molecular weight excluding hydrogens is 268 g/mol. The molecule has 19 heavy (non-hydrogen) atoms. The topological polar surface area (TPSA) is 77.5 Å². The first-order chi connectivity index (χ1) is 9.20. The summed E-state index contributed by atoms with van der Waals surface area (Å²) in [6.07, 6.45) is 1.61. The van der Waals surface area contributed by atoms with E-state index in [1.54, 1.807) is 12.3 Å². The van der Waals surface area contributed by atoms with Crippen LogP contribution in [0.2, 0.25) is 0 Å². The Morgan fingerprint density at radius 3 is 2.95 bits per heavy atom. The summed E-state index contributed by atoms with van der Waals surface area (Å²) in [7, 11) is 0. The number of nitrogens with one attached hydrogen (secondary N) is 1. The Bertz CT molecular complexity index is 454. The lowest BCUT2D eigenvalue weighted by atomic mass is 10.1. The van der Waals surface area contributed by atoms with Crippen molar-refractivity contribution in [2.75, 3.05) is 19.8 Å². The number of rotatable bonds is 4. The molecule has 1 aromatic rings. The summed E-state index contributed by atoms with van der Waals surface area (Å²) in [5.74, 6) is -0.740. The predicted octanol–water partition coefficient (Wildman–Crippen LogP) is 1.23. The van der Waals surface area contributed by atoms with Gasteiger partial charge >= 0.3 is 5.97 Å². The monoisotopic (exact) mass is 284 g/mol. The SMILES string of the molecule is CCOC(=O)c1nc(C(=O)NC2CCOCC2)cs1. The molecule has 1 amide bonds. The average molecular weight is 284 g/mol. The molecule has 0 saturated carbocycles. The number of carbonyl (C=O) groups excluding carboxylic acids is 2. The van der Waals surface area contributed by atoms with Crippen LogP contribution in [-0.4, -0.2) is 42.7 Å². The van der Waals surface area contributed by atoms with Crippen molar-refractivity contribution >= 4 is 23.2 Å². The fourth-order valence-corrected chi connectivity index (χ4v) is 2.46. The first-order valence-corrected chi connectivity index (χ1v) is 7.10. The maximum Gasteiger partial charge on any atom is 0.367 e. The van der Waals surface area contributed by atoms with Crippen LogP contribution in [0.25, 0.3) is 0 Å². The number of hydrogen-bond donors (Lipinski definition) is 1. The number of thiazole rings is 1. The summed E-state index contributed by atoms with van der Waals surface area (Å²) in [6, 6.07) is 0.119. The summed E-state index contributed by atoms with van der Waals surface area (Å²) in [5, 5.41) is 4.67. The van der Waals surface area contributed by atoms with Crippen LogP contribution in [-0.2, 0) is 9.47 Å². The zero-order valence-corrected chi connectivity index (χ0v) is 11.5. The second-order valence-corrected chi connectivity index (χ2v) is 4.98. The Labute approximate surface area is 115 Å². The van der Waals surface area contributed by atoms with Crippen LogP contribution in [0.15, 0.2) is 5.38 Å². The third-order valence-corrected chi connectivity index (χ3v) is 3.57. The molecule has 0 spiro atoms. The van der Waals surface area contributed by atoms with Crippen molar-refractivity contribution in [3.8, 4) is 0 Å². The Morgan fingerprint density at radius 2 is 2.26 bits per heavy atom. The molecule has 0 atom stereocenters. The van der Waals surface area contributed by atoms with E-state index in [0.29, 0.717) is 19.8 Å². The van der Waals surface area contributed by atoms with E-state index in [-0.39, 0.29) is 22.7 Å². The number of amides is 1. The van der Waals surface area contributed by atoms with E-state index >= 15 is 0 Å². The zero-order valence-electron chi connectivity index (χ0n) is 10.7. The van der Waals surface area contributed by atoms with Gasteiger partial charge in [-0.2, -0.15) is 0 Å². The van der Waals surface area contributed by atoms with E-state index in [2.05, 4.69) is 10.3 Å². The Balaban J connectivity index is 1.93. The lowest BCUT2D eigenvalue weighted by Gasteiger charge is -2.22. The molecule has 0 bridgehead atoms. The number of ether oxygens (including phenoxy) is 2. The van der Waals surface area contributed by atoms with Gasteiger partial charge in [0.1, 0.15) is 5.69 Å². The molecule has 0 unspecified atom stereocenters. The first-order valence-electron chi connectivity index (χ1n) is 6.22. The van der Waals surface area contributed by atoms with Crippen molar-refractivity contribution in [3.63, 3.8) is 0 Å². The second-order valence-electron chi connectivity index (χ2n) is 4.12. The molecule has 1 aromatic heterocycles. The van der Waals surface area contributed by atoms with Crippen LogP contribution >= 0.6 is 11.3 Å². The van der Waals surface area contributed by atoms with Gasteiger partial charge in [0.05, 0.1) is 6.61 Å². The Morgan fingerprint density at radius 1 is 1.53 bits per heavy atom. The van der Waals surface area contributed by atoms with Crippen LogP contribution < -0.4 is 5.32 Å². The molecule has 1 fully saturated rings. The van der Waals surface area contributed by atoms with E-state index in [9.17, 15) is 9.59 Å². The summed E-state index contributed by atoms with van der Waals surface area (Å²) in [6.45, 7) is 3.35. The van der Waals surface area contributed by atoms with Gasteiger partial charge in [0.15, 0.2) is 0 Å². The van der Waals surface area contributed by atoms with E-state index in [1.807, 2.05) is 0 Å². The highest BCUT2D eigenvalue weighted by Crippen LogP contribution is 2.12. The van der Waals surface area contributed by atoms with Crippen molar-refractivity contribution in [3.05, 3.63) is 16.1 Å². The molecule has 0 aliphatic carbocycles. The molecule has 2 rings (SSSR count). The maximum atomic E-state index is 11.9. The Kier molecular flexibility index (Phi) is 4.86. The molecule has 6 nitrogen and oxygen atoms in total. The van der Waals surface area contributed by atoms with Gasteiger partial charge in [-0.1, -0.05) is 0 Å². The van der Waals surface area contributed by atoms with Crippen molar-refractivity contribution in [2.45, 2.75) is 25.8 Å². The molecular formula is C12H16N2O4S. The van der Waals surface area contributed by atoms with Crippen molar-refractivity contribution in [1.29, 1.82) is 0 Å². The minimum absolute atomic E-state index is 0.119. The first kappa shape index (κ1) is 14.0. The maximum absolute atomic E-state index is 11.9. The van der Waals surface area contributed by atoms with E-state index in [0.717, 1.165) is 24.2 Å². The van der Waals surface area contributed by atoms with Gasteiger partial charge in [0.2, 0.25) is 5.01 Å². The van der Waals surface area contributed by atoms with Crippen molar-refractivity contribution < 1.29 is 19.1 Å². The molecule has 1 saturated heterocycles. The minimum atomic E-state index is -0.488. The summed E-state index contributed by atoms with van der Waals surface area (Å²) >= 11 is 1.12. The third-order valence-electron chi connectivity index (χ3n) is 2.74. The molecule has 1 aliphatic rings. The van der Waals surface area contributed by atoms with Gasteiger partial charge < -0.3 is 14.8 Å². The van der Waals surface area contributed by atoms with Gasteiger partial charge in [-0.3, -0.25) is 4.79 Å². The van der Waals surface area contributed by atoms with Crippen LogP contribution in [0.1, 0.15) is 40.1 Å². The van der Waals surface area contributed by atoms with Gasteiger partial charge in [-0.25, -0.2) is 9.78 Å². The van der Waals surface area contributed by atoms with Crippen LogP contribution in [0, 0.1) is 0 Å². The molecule has 2 heterocycles. The van der Waals surface area contributed by atoms with E-state index in [1.165, 1.54) is 0 Å². The van der Waals surface area contributed by atoms with Crippen molar-refractivity contribution in [1.82, 2.24) is 10.3 Å². The van der Waals surface area contributed by atoms with Crippen molar-refractivity contribution in [2.24, 2.45) is 0 Å². The van der Waals surface area contributed by atoms with Gasteiger partial charge in [0.25, 0.3) is 5.91 Å². The zero-order chi connectivity index (χ0) is 13.7. The molecule has 7 heteroatoms. The number of esters is 1. The van der Waals surface area contributed by atoms with Crippen LogP contribution in [0.4, 0.5) is 0 Å². The average Bonchev–Trinajstić information content (AvgIpc) is 2.90. The van der Waals surface area contributed by atoms with Crippen LogP contribution in [0.5, 0.6) is 0 Å². The van der Waals surface area contributed by atoms with Crippen LogP contribution in [0.3, 0.4) is 0 Å². The normalized spacial score (nSPS) is 16.1. The lowest BCUT2D eigenvalue weighted by Crippen LogP contribution is -2.39. The van der Waals surface area contributed by atoms with E-state index in [4.69, 9.17) is 9.47 Å². The molecule has 1 aliphatic heterocycles. The molecule has 1 N–H and O–H groups in total. The lowest BCUT2D eigenvalue weighted by molar-refractivity contribution is 0.0526. The number of hydrogen-bond acceptors (Lipinski definition) is 6. The summed E-state index contributed by atoms with van der Waals surface area (Å²) < 4.78 is 10.1. The highest BCUT2D eigenvalue weighted by atomic mass is 32.1. The molecule has 0 aromatic carbocycles. The molecule has 0 radical (unpaired) electrons. The summed E-state index contributed by atoms with van der Waals surface area (Å²) in [5.41, 5.74) is 0.263. The van der Waals surface area contributed by atoms with Gasteiger partial charge in [-0.15, -0.1) is 11.3 Å².